The van der Waals surface area contributed by atoms with Gasteiger partial charge in [0.15, 0.2) is 0 Å². The molecule has 0 aromatic carbocycles. The number of carboxylic acid groups (broad SMARTS) is 1. The molecule has 164 valence electrons. The number of hydrogen-bond acceptors (Lipinski definition) is 9. The van der Waals surface area contributed by atoms with Crippen LogP contribution < -0.4 is 9.64 Å². The maximum atomic E-state index is 10.6. The minimum atomic E-state index is -5.08. The van der Waals surface area contributed by atoms with Crippen LogP contribution in [0.5, 0.6) is 6.01 Å². The number of aliphatic carboxylic acids is 1. The average Bonchev–Trinajstić information content (AvgIpc) is 3.05. The van der Waals surface area contributed by atoms with Gasteiger partial charge in [0.2, 0.25) is 5.13 Å². The van der Waals surface area contributed by atoms with E-state index < -0.39 is 12.1 Å². The van der Waals surface area contributed by atoms with E-state index in [1.165, 1.54) is 0 Å². The lowest BCUT2D eigenvalue weighted by Gasteiger charge is -2.52. The third kappa shape index (κ3) is 5.53. The standard InChI is InChI=1S/C15H19N5O2S.C2HF3O2/c1-10-3-5-16-13(17-10)22-12-4-6-21-15(7-12)8-20(9-15)14-19-18-11(2)23-14;3-2(4,5)1(6)7/h3,5,12H,4,6-9H2,1-2H3;(H,6,7). The molecule has 2 aliphatic rings. The van der Waals surface area contributed by atoms with Gasteiger partial charge in [-0.1, -0.05) is 11.3 Å². The zero-order chi connectivity index (χ0) is 21.9. The van der Waals surface area contributed by atoms with E-state index in [0.717, 1.165) is 41.8 Å². The minimum absolute atomic E-state index is 0.101. The zero-order valence-electron chi connectivity index (χ0n) is 16.2. The number of anilines is 1. The van der Waals surface area contributed by atoms with Crippen molar-refractivity contribution in [3.63, 3.8) is 0 Å². The monoisotopic (exact) mass is 447 g/mol. The van der Waals surface area contributed by atoms with Gasteiger partial charge in [-0.25, -0.2) is 14.8 Å². The lowest BCUT2D eigenvalue weighted by atomic mass is 9.85. The van der Waals surface area contributed by atoms with Crippen molar-refractivity contribution in [1.82, 2.24) is 20.2 Å². The smallest absolute Gasteiger partial charge is 0.475 e. The molecule has 0 radical (unpaired) electrons. The van der Waals surface area contributed by atoms with Crippen molar-refractivity contribution in [2.24, 2.45) is 0 Å². The number of aryl methyl sites for hydroxylation is 2. The second kappa shape index (κ2) is 8.68. The third-order valence-electron chi connectivity index (χ3n) is 4.48. The van der Waals surface area contributed by atoms with Gasteiger partial charge in [-0.2, -0.15) is 13.2 Å². The van der Waals surface area contributed by atoms with Gasteiger partial charge in [0.05, 0.1) is 19.7 Å². The average molecular weight is 447 g/mol. The molecule has 0 saturated carbocycles. The molecule has 0 aliphatic carbocycles. The quantitative estimate of drug-likeness (QED) is 0.758. The summed E-state index contributed by atoms with van der Waals surface area (Å²) in [7, 11) is 0. The summed E-state index contributed by atoms with van der Waals surface area (Å²) in [6.07, 6.45) is -1.52. The number of alkyl halides is 3. The van der Waals surface area contributed by atoms with Crippen molar-refractivity contribution in [3.8, 4) is 6.01 Å². The van der Waals surface area contributed by atoms with Gasteiger partial charge in [0.25, 0.3) is 0 Å². The van der Waals surface area contributed by atoms with Gasteiger partial charge in [-0.3, -0.25) is 0 Å². The Kier molecular flexibility index (Phi) is 6.41. The highest BCUT2D eigenvalue weighted by atomic mass is 32.1. The van der Waals surface area contributed by atoms with Crippen molar-refractivity contribution < 1.29 is 32.5 Å². The van der Waals surface area contributed by atoms with Crippen LogP contribution >= 0.6 is 11.3 Å². The first-order chi connectivity index (χ1) is 14.1. The fourth-order valence-corrected chi connectivity index (χ4v) is 3.82. The molecule has 2 saturated heterocycles. The minimum Gasteiger partial charge on any atom is -0.475 e. The number of hydrogen-bond donors (Lipinski definition) is 1. The van der Waals surface area contributed by atoms with Gasteiger partial charge >= 0.3 is 18.2 Å². The van der Waals surface area contributed by atoms with Crippen LogP contribution in [0, 0.1) is 13.8 Å². The molecule has 1 N–H and O–H groups in total. The fourth-order valence-electron chi connectivity index (χ4n) is 3.13. The summed E-state index contributed by atoms with van der Waals surface area (Å²) in [5.41, 5.74) is 0.782. The van der Waals surface area contributed by atoms with Crippen molar-refractivity contribution in [3.05, 3.63) is 23.0 Å². The summed E-state index contributed by atoms with van der Waals surface area (Å²) < 4.78 is 43.7. The van der Waals surface area contributed by atoms with Gasteiger partial charge in [0, 0.05) is 24.7 Å². The van der Waals surface area contributed by atoms with Crippen LogP contribution in [-0.2, 0) is 9.53 Å². The van der Waals surface area contributed by atoms with E-state index in [-0.39, 0.29) is 11.7 Å². The van der Waals surface area contributed by atoms with E-state index in [0.29, 0.717) is 12.6 Å². The first-order valence-corrected chi connectivity index (χ1v) is 9.83. The lowest BCUT2D eigenvalue weighted by Crippen LogP contribution is -2.66. The largest absolute Gasteiger partial charge is 0.490 e. The molecule has 4 rings (SSSR count). The number of carbonyl (C=O) groups is 1. The summed E-state index contributed by atoms with van der Waals surface area (Å²) in [5.74, 6) is -2.76. The van der Waals surface area contributed by atoms with E-state index >= 15 is 0 Å². The van der Waals surface area contributed by atoms with Crippen LogP contribution in [0.4, 0.5) is 18.3 Å². The van der Waals surface area contributed by atoms with Crippen LogP contribution in [-0.4, -0.2) is 68.8 Å². The van der Waals surface area contributed by atoms with Gasteiger partial charge in [-0.05, 0) is 19.9 Å². The molecule has 1 spiro atoms. The number of rotatable bonds is 3. The normalized spacial score (nSPS) is 20.2. The van der Waals surface area contributed by atoms with E-state index in [4.69, 9.17) is 19.4 Å². The Bertz CT molecular complexity index is 888. The fraction of sp³-hybridized carbons (Fsp3) is 0.588. The molecule has 1 atom stereocenters. The second-order valence-corrected chi connectivity index (χ2v) is 8.17. The Morgan fingerprint density at radius 3 is 2.63 bits per heavy atom. The molecule has 30 heavy (non-hydrogen) atoms. The number of aromatic nitrogens is 4. The third-order valence-corrected chi connectivity index (χ3v) is 5.38. The number of nitrogens with zero attached hydrogens (tertiary/aromatic N) is 5. The summed E-state index contributed by atoms with van der Waals surface area (Å²) in [4.78, 5) is 19.6. The summed E-state index contributed by atoms with van der Waals surface area (Å²) >= 11 is 1.62. The Morgan fingerprint density at radius 2 is 2.07 bits per heavy atom. The van der Waals surface area contributed by atoms with Gasteiger partial charge in [0.1, 0.15) is 16.7 Å². The van der Waals surface area contributed by atoms with Crippen LogP contribution in [0.1, 0.15) is 23.5 Å². The van der Waals surface area contributed by atoms with Crippen LogP contribution in [0.15, 0.2) is 12.3 Å². The molecule has 2 aliphatic heterocycles. The highest BCUT2D eigenvalue weighted by Crippen LogP contribution is 2.38. The maximum Gasteiger partial charge on any atom is 0.490 e. The topological polar surface area (TPSA) is 111 Å². The summed E-state index contributed by atoms with van der Waals surface area (Å²) in [6, 6.07) is 2.33. The molecule has 13 heteroatoms. The van der Waals surface area contributed by atoms with Crippen LogP contribution in [0.25, 0.3) is 0 Å². The number of halogens is 3. The second-order valence-electron chi connectivity index (χ2n) is 7.01. The molecule has 2 aromatic rings. The highest BCUT2D eigenvalue weighted by molar-refractivity contribution is 7.15. The Labute approximate surface area is 173 Å². The number of carboxylic acids is 1. The lowest BCUT2D eigenvalue weighted by molar-refractivity contribution is -0.192. The molecule has 4 heterocycles. The Balaban J connectivity index is 0.000000318. The molecule has 1 unspecified atom stereocenters. The van der Waals surface area contributed by atoms with Crippen LogP contribution in [0.3, 0.4) is 0 Å². The number of ether oxygens (including phenoxy) is 2. The molecule has 0 bridgehead atoms. The molecular formula is C17H20F3N5O4S. The molecule has 9 nitrogen and oxygen atoms in total. The van der Waals surface area contributed by atoms with Gasteiger partial charge in [-0.15, -0.1) is 10.2 Å². The predicted octanol–water partition coefficient (Wildman–Crippen LogP) is 2.40. The molecule has 2 aromatic heterocycles. The Hall–Kier alpha value is -2.54. The molecule has 2 fully saturated rings. The first-order valence-electron chi connectivity index (χ1n) is 9.02. The van der Waals surface area contributed by atoms with Crippen LogP contribution in [0.2, 0.25) is 0 Å². The highest BCUT2D eigenvalue weighted by Gasteiger charge is 2.49. The van der Waals surface area contributed by atoms with E-state index in [2.05, 4.69) is 25.1 Å². The summed E-state index contributed by atoms with van der Waals surface area (Å²) in [6.45, 7) is 6.30. The Morgan fingerprint density at radius 1 is 1.37 bits per heavy atom. The maximum absolute atomic E-state index is 10.6. The van der Waals surface area contributed by atoms with E-state index in [1.54, 1.807) is 17.5 Å². The molecular weight excluding hydrogens is 427 g/mol. The predicted molar refractivity (Wildman–Crippen MR) is 99.7 cm³/mol. The van der Waals surface area contributed by atoms with Gasteiger partial charge < -0.3 is 19.5 Å². The van der Waals surface area contributed by atoms with Crippen molar-refractivity contribution in [2.45, 2.75) is 44.6 Å². The SMILES string of the molecule is Cc1ccnc(OC2CCOC3(C2)CN(c2nnc(C)s2)C3)n1.O=C(O)C(F)(F)F. The molecule has 0 amide bonds. The zero-order valence-corrected chi connectivity index (χ0v) is 17.0. The summed E-state index contributed by atoms with van der Waals surface area (Å²) in [5, 5.41) is 17.4. The van der Waals surface area contributed by atoms with Crippen molar-refractivity contribution in [1.29, 1.82) is 0 Å². The van der Waals surface area contributed by atoms with E-state index in [1.807, 2.05) is 19.9 Å². The van der Waals surface area contributed by atoms with E-state index in [9.17, 15) is 13.2 Å². The first kappa shape index (κ1) is 22.2. The van der Waals surface area contributed by atoms with Crippen molar-refractivity contribution in [2.75, 3.05) is 24.6 Å². The van der Waals surface area contributed by atoms with Crippen molar-refractivity contribution >= 4 is 22.4 Å².